The number of nitrogens with one attached hydrogen (secondary N) is 1. The summed E-state index contributed by atoms with van der Waals surface area (Å²) in [5.41, 5.74) is -0.783. The van der Waals surface area contributed by atoms with E-state index in [-0.39, 0.29) is 46.9 Å². The Labute approximate surface area is 216 Å². The molecule has 0 aliphatic carbocycles. The van der Waals surface area contributed by atoms with Crippen molar-refractivity contribution in [1.29, 1.82) is 0 Å². The number of pyridine rings is 1. The molecule has 2 amide bonds. The highest BCUT2D eigenvalue weighted by atomic mass is 35.5. The largest absolute Gasteiger partial charge is 0.491 e. The minimum Gasteiger partial charge on any atom is -0.491 e. The van der Waals surface area contributed by atoms with E-state index in [4.69, 9.17) is 27.9 Å². The number of aromatic nitrogens is 1. The van der Waals surface area contributed by atoms with Gasteiger partial charge in [-0.15, -0.1) is 0 Å². The predicted molar refractivity (Wildman–Crippen MR) is 140 cm³/mol. The number of hydrogen-bond acceptors (Lipinski definition) is 4. The maximum atomic E-state index is 13.6. The van der Waals surface area contributed by atoms with E-state index in [1.807, 2.05) is 20.8 Å². The third-order valence-electron chi connectivity index (χ3n) is 5.47. The molecule has 35 heavy (non-hydrogen) atoms. The third-order valence-corrected chi connectivity index (χ3v) is 6.20. The first kappa shape index (κ1) is 28.8. The Bertz CT molecular complexity index is 1140. The number of halogens is 2. The Balaban J connectivity index is 2.80. The van der Waals surface area contributed by atoms with Gasteiger partial charge in [0.15, 0.2) is 0 Å². The molecule has 0 aliphatic heterocycles. The number of benzene rings is 1. The molecule has 0 fully saturated rings. The lowest BCUT2D eigenvalue weighted by molar-refractivity contribution is -0.121. The highest BCUT2D eigenvalue weighted by molar-refractivity contribution is 6.42. The van der Waals surface area contributed by atoms with Gasteiger partial charge in [0.25, 0.3) is 5.56 Å². The van der Waals surface area contributed by atoms with E-state index < -0.39 is 17.2 Å². The molecule has 0 saturated carbocycles. The quantitative estimate of drug-likeness (QED) is 0.387. The third kappa shape index (κ3) is 7.27. The van der Waals surface area contributed by atoms with Crippen molar-refractivity contribution in [2.75, 3.05) is 6.61 Å². The van der Waals surface area contributed by atoms with Gasteiger partial charge in [0, 0.05) is 29.9 Å². The molecule has 0 radical (unpaired) electrons. The number of fused-ring (bicyclic) bond motifs is 1. The number of carbonyl (C=O) groups is 2. The van der Waals surface area contributed by atoms with Gasteiger partial charge in [0.1, 0.15) is 5.75 Å². The van der Waals surface area contributed by atoms with Crippen LogP contribution in [-0.4, -0.2) is 44.8 Å². The number of carboxylic acid groups (broad SMARTS) is 1. The van der Waals surface area contributed by atoms with Crippen LogP contribution in [0.25, 0.3) is 10.8 Å². The van der Waals surface area contributed by atoms with Crippen LogP contribution >= 0.6 is 23.2 Å². The molecule has 1 aromatic heterocycles. The van der Waals surface area contributed by atoms with Crippen molar-refractivity contribution < 1.29 is 19.4 Å². The van der Waals surface area contributed by atoms with Crippen LogP contribution in [0, 0.1) is 0 Å². The van der Waals surface area contributed by atoms with Gasteiger partial charge in [-0.25, -0.2) is 4.79 Å². The normalized spacial score (nSPS) is 11.7. The average Bonchev–Trinajstić information content (AvgIpc) is 2.73. The summed E-state index contributed by atoms with van der Waals surface area (Å²) in [6.45, 7) is 11.4. The summed E-state index contributed by atoms with van der Waals surface area (Å²) in [5.74, 6) is 0.151. The van der Waals surface area contributed by atoms with Crippen LogP contribution in [0.3, 0.4) is 0 Å². The summed E-state index contributed by atoms with van der Waals surface area (Å²) in [4.78, 5) is 39.4. The van der Waals surface area contributed by atoms with Gasteiger partial charge in [-0.05, 0) is 53.2 Å². The van der Waals surface area contributed by atoms with E-state index in [0.717, 1.165) is 12.8 Å². The molecule has 2 aromatic rings. The van der Waals surface area contributed by atoms with Crippen molar-refractivity contribution in [3.8, 4) is 5.75 Å². The topological polar surface area (TPSA) is 101 Å². The highest BCUT2D eigenvalue weighted by Gasteiger charge is 2.30. The maximum absolute atomic E-state index is 13.6. The lowest BCUT2D eigenvalue weighted by atomic mass is 10.0. The number of nitrogens with zero attached hydrogens (tertiary/aromatic N) is 2. The van der Waals surface area contributed by atoms with E-state index >= 15 is 0 Å². The molecule has 0 unspecified atom stereocenters. The summed E-state index contributed by atoms with van der Waals surface area (Å²) in [5, 5.41) is 14.0. The van der Waals surface area contributed by atoms with Crippen molar-refractivity contribution in [2.24, 2.45) is 0 Å². The fraction of sp³-hybridized carbons (Fsp3) is 0.560. The lowest BCUT2D eigenvalue weighted by Gasteiger charge is -2.34. The van der Waals surface area contributed by atoms with Gasteiger partial charge in [-0.2, -0.15) is 0 Å². The van der Waals surface area contributed by atoms with Crippen molar-refractivity contribution in [3.63, 3.8) is 0 Å². The van der Waals surface area contributed by atoms with Crippen LogP contribution in [0.4, 0.5) is 4.79 Å². The Morgan fingerprint density at radius 2 is 1.77 bits per heavy atom. The van der Waals surface area contributed by atoms with Crippen molar-refractivity contribution >= 4 is 46.0 Å². The van der Waals surface area contributed by atoms with Gasteiger partial charge >= 0.3 is 6.09 Å². The molecule has 10 heteroatoms. The van der Waals surface area contributed by atoms with E-state index in [0.29, 0.717) is 23.4 Å². The number of rotatable bonds is 10. The molecule has 8 nitrogen and oxygen atoms in total. The van der Waals surface area contributed by atoms with Crippen LogP contribution in [-0.2, 0) is 17.9 Å². The molecule has 1 heterocycles. The lowest BCUT2D eigenvalue weighted by Crippen LogP contribution is -2.45. The fourth-order valence-electron chi connectivity index (χ4n) is 3.68. The Morgan fingerprint density at radius 1 is 1.17 bits per heavy atom. The Hall–Kier alpha value is -2.45. The molecule has 194 valence electrons. The number of hydrogen-bond donors (Lipinski definition) is 2. The molecular weight excluding hydrogens is 493 g/mol. The van der Waals surface area contributed by atoms with Gasteiger partial charge in [-0.3, -0.25) is 14.5 Å². The standard InChI is InChI=1S/C25H35Cl2N3O5/c1-7-8-11-35-22-16-12-18(26)19(27)13-17(16)23(32)29(10-9-21(31)28-15(2)3)20(22)14-30(24(33)34)25(4,5)6/h12-13,15H,7-11,14H2,1-6H3,(H,28,31)(H,33,34). The van der Waals surface area contributed by atoms with Crippen molar-refractivity contribution in [1.82, 2.24) is 14.8 Å². The van der Waals surface area contributed by atoms with Crippen LogP contribution in [0.15, 0.2) is 16.9 Å². The van der Waals surface area contributed by atoms with Crippen LogP contribution < -0.4 is 15.6 Å². The smallest absolute Gasteiger partial charge is 0.408 e. The summed E-state index contributed by atoms with van der Waals surface area (Å²) in [6, 6.07) is 3.01. The molecular formula is C25H35Cl2N3O5. The molecule has 1 aromatic carbocycles. The van der Waals surface area contributed by atoms with Gasteiger partial charge < -0.3 is 19.7 Å². The van der Waals surface area contributed by atoms with E-state index in [9.17, 15) is 19.5 Å². The zero-order valence-electron chi connectivity index (χ0n) is 21.2. The molecule has 2 N–H and O–H groups in total. The number of ether oxygens (including phenoxy) is 1. The SMILES string of the molecule is CCCCOc1c(CN(C(=O)O)C(C)(C)C)n(CCC(=O)NC(C)C)c(=O)c2cc(Cl)c(Cl)cc12. The Morgan fingerprint density at radius 3 is 2.29 bits per heavy atom. The van der Waals surface area contributed by atoms with E-state index in [1.165, 1.54) is 15.5 Å². The first-order valence-electron chi connectivity index (χ1n) is 11.7. The summed E-state index contributed by atoms with van der Waals surface area (Å²) < 4.78 is 7.59. The second-order valence-electron chi connectivity index (χ2n) is 9.76. The number of amides is 2. The van der Waals surface area contributed by atoms with Gasteiger partial charge in [0.2, 0.25) is 5.91 Å². The number of carbonyl (C=O) groups excluding carboxylic acids is 1. The van der Waals surface area contributed by atoms with Crippen molar-refractivity contribution in [3.05, 3.63) is 38.2 Å². The molecule has 0 saturated heterocycles. The maximum Gasteiger partial charge on any atom is 0.408 e. The molecule has 0 atom stereocenters. The monoisotopic (exact) mass is 527 g/mol. The Kier molecular flexibility index (Phi) is 9.86. The second-order valence-corrected chi connectivity index (χ2v) is 10.6. The zero-order chi connectivity index (χ0) is 26.5. The molecule has 2 rings (SSSR count). The van der Waals surface area contributed by atoms with E-state index in [1.54, 1.807) is 26.8 Å². The first-order chi connectivity index (χ1) is 16.3. The summed E-state index contributed by atoms with van der Waals surface area (Å²) >= 11 is 12.5. The zero-order valence-corrected chi connectivity index (χ0v) is 22.7. The number of unbranched alkanes of at least 4 members (excludes halogenated alkanes) is 1. The minimum atomic E-state index is -1.14. The highest BCUT2D eigenvalue weighted by Crippen LogP contribution is 2.35. The summed E-state index contributed by atoms with van der Waals surface area (Å²) in [6.07, 6.45) is 0.551. The average molecular weight is 528 g/mol. The minimum absolute atomic E-state index is 0.0366. The van der Waals surface area contributed by atoms with Crippen molar-refractivity contribution in [2.45, 2.75) is 85.5 Å². The second kappa shape index (κ2) is 12.0. The van der Waals surface area contributed by atoms with Crippen LogP contribution in [0.2, 0.25) is 10.0 Å². The van der Waals surface area contributed by atoms with Gasteiger partial charge in [-0.1, -0.05) is 36.5 Å². The fourth-order valence-corrected chi connectivity index (χ4v) is 4.01. The molecule has 0 aliphatic rings. The van der Waals surface area contributed by atoms with E-state index in [2.05, 4.69) is 5.32 Å². The van der Waals surface area contributed by atoms with Crippen LogP contribution in [0.1, 0.15) is 66.5 Å². The summed E-state index contributed by atoms with van der Waals surface area (Å²) in [7, 11) is 0. The first-order valence-corrected chi connectivity index (χ1v) is 12.5. The molecule has 0 bridgehead atoms. The molecule has 0 spiro atoms. The van der Waals surface area contributed by atoms with Crippen LogP contribution in [0.5, 0.6) is 5.75 Å². The van der Waals surface area contributed by atoms with Gasteiger partial charge in [0.05, 0.1) is 34.3 Å². The predicted octanol–water partition coefficient (Wildman–Crippen LogP) is 5.68.